The first-order valence-corrected chi connectivity index (χ1v) is 11.6. The number of fused-ring (bicyclic) bond motifs is 2. The Bertz CT molecular complexity index is 1560. The Balaban J connectivity index is 1.35. The second kappa shape index (κ2) is 8.54. The number of ether oxygens (including phenoxy) is 2. The van der Waals surface area contributed by atoms with Gasteiger partial charge in [0.2, 0.25) is 18.5 Å². The maximum absolute atomic E-state index is 13.4. The minimum atomic E-state index is -0.215. The zero-order chi connectivity index (χ0) is 23.1. The molecule has 2 aromatic carbocycles. The van der Waals surface area contributed by atoms with E-state index in [-0.39, 0.29) is 18.9 Å². The van der Waals surface area contributed by atoms with Crippen LogP contribution in [-0.2, 0) is 12.3 Å². The molecule has 5 aromatic rings. The molecule has 0 radical (unpaired) electrons. The van der Waals surface area contributed by atoms with Gasteiger partial charge in [-0.2, -0.15) is 4.98 Å². The Morgan fingerprint density at radius 3 is 2.76 bits per heavy atom. The van der Waals surface area contributed by atoms with Crippen molar-refractivity contribution < 1.29 is 18.4 Å². The van der Waals surface area contributed by atoms with Gasteiger partial charge in [0.1, 0.15) is 5.76 Å². The third-order valence-corrected chi connectivity index (χ3v) is 6.38. The van der Waals surface area contributed by atoms with E-state index in [0.717, 1.165) is 5.56 Å². The average Bonchev–Trinajstić information content (AvgIpc) is 3.61. The van der Waals surface area contributed by atoms with Crippen molar-refractivity contribution in [3.63, 3.8) is 0 Å². The molecule has 11 heteroatoms. The lowest BCUT2D eigenvalue weighted by atomic mass is 10.2. The maximum Gasteiger partial charge on any atom is 0.262 e. The van der Waals surface area contributed by atoms with Crippen molar-refractivity contribution in [1.82, 2.24) is 19.7 Å². The summed E-state index contributed by atoms with van der Waals surface area (Å²) >= 11 is 7.37. The van der Waals surface area contributed by atoms with Crippen LogP contribution in [0.1, 0.15) is 11.7 Å². The number of nitrogens with zero attached hydrogens (tertiary/aromatic N) is 4. The molecule has 170 valence electrons. The minimum absolute atomic E-state index is 0.111. The molecule has 0 bridgehead atoms. The standard InChI is InChI=1S/C23H15ClN4O5S/c24-14-4-1-3-13(7-14)21-26-20(33-27-21)11-34-23-25-17-9-19-18(31-12-32-19)8-16(17)22(29)28(23)10-15-5-2-6-30-15/h1-9H,10-12H2. The first kappa shape index (κ1) is 20.8. The summed E-state index contributed by atoms with van der Waals surface area (Å²) in [5.74, 6) is 2.86. The molecule has 3 aromatic heterocycles. The highest BCUT2D eigenvalue weighted by molar-refractivity contribution is 7.98. The molecule has 1 aliphatic heterocycles. The predicted molar refractivity (Wildman–Crippen MR) is 124 cm³/mol. The molecular formula is C23H15ClN4O5S. The molecule has 0 spiro atoms. The van der Waals surface area contributed by atoms with Gasteiger partial charge in [0.05, 0.1) is 29.5 Å². The van der Waals surface area contributed by atoms with Crippen molar-refractivity contribution >= 4 is 34.3 Å². The Kier molecular flexibility index (Phi) is 5.23. The van der Waals surface area contributed by atoms with E-state index < -0.39 is 0 Å². The van der Waals surface area contributed by atoms with Crippen LogP contribution >= 0.6 is 23.4 Å². The van der Waals surface area contributed by atoms with E-state index in [1.165, 1.54) is 11.8 Å². The topological polar surface area (TPSA) is 105 Å². The Morgan fingerprint density at radius 2 is 1.94 bits per heavy atom. The van der Waals surface area contributed by atoms with Gasteiger partial charge in [-0.25, -0.2) is 4.98 Å². The summed E-state index contributed by atoms with van der Waals surface area (Å²) in [6.45, 7) is 0.336. The summed E-state index contributed by atoms with van der Waals surface area (Å²) in [4.78, 5) is 22.6. The second-order valence-electron chi connectivity index (χ2n) is 7.40. The van der Waals surface area contributed by atoms with Crippen LogP contribution in [-0.4, -0.2) is 26.5 Å². The predicted octanol–water partition coefficient (Wildman–Crippen LogP) is 4.76. The molecule has 0 saturated heterocycles. The fourth-order valence-corrected chi connectivity index (χ4v) is 4.61. The van der Waals surface area contributed by atoms with Crippen LogP contribution in [0.15, 0.2) is 73.7 Å². The van der Waals surface area contributed by atoms with Crippen LogP contribution in [0.4, 0.5) is 0 Å². The van der Waals surface area contributed by atoms with E-state index in [4.69, 9.17) is 35.0 Å². The fraction of sp³-hybridized carbons (Fsp3) is 0.130. The summed E-state index contributed by atoms with van der Waals surface area (Å²) in [7, 11) is 0. The molecule has 4 heterocycles. The highest BCUT2D eigenvalue weighted by atomic mass is 35.5. The molecule has 6 rings (SSSR count). The number of rotatable bonds is 6. The number of hydrogen-bond donors (Lipinski definition) is 0. The number of halogens is 1. The van der Waals surface area contributed by atoms with Gasteiger partial charge in [0.25, 0.3) is 5.56 Å². The maximum atomic E-state index is 13.4. The first-order valence-electron chi connectivity index (χ1n) is 10.2. The molecule has 0 saturated carbocycles. The molecule has 0 aliphatic carbocycles. The van der Waals surface area contributed by atoms with Crippen LogP contribution in [0.3, 0.4) is 0 Å². The SMILES string of the molecule is O=c1c2cc3c(cc2nc(SCc2nc(-c4cccc(Cl)c4)no2)n1Cc1ccco1)OCO3. The minimum Gasteiger partial charge on any atom is -0.467 e. The number of hydrogen-bond acceptors (Lipinski definition) is 9. The summed E-state index contributed by atoms with van der Waals surface area (Å²) in [5.41, 5.74) is 1.05. The van der Waals surface area contributed by atoms with Crippen LogP contribution < -0.4 is 15.0 Å². The van der Waals surface area contributed by atoms with Gasteiger partial charge in [-0.15, -0.1) is 0 Å². The normalized spacial score (nSPS) is 12.5. The summed E-state index contributed by atoms with van der Waals surface area (Å²) in [6.07, 6.45) is 1.57. The van der Waals surface area contributed by atoms with E-state index in [0.29, 0.717) is 55.8 Å². The second-order valence-corrected chi connectivity index (χ2v) is 8.78. The quantitative estimate of drug-likeness (QED) is 0.244. The number of benzene rings is 2. The average molecular weight is 495 g/mol. The van der Waals surface area contributed by atoms with Gasteiger partial charge in [0.15, 0.2) is 16.7 Å². The van der Waals surface area contributed by atoms with Gasteiger partial charge in [-0.3, -0.25) is 9.36 Å². The van der Waals surface area contributed by atoms with Crippen molar-refractivity contribution in [3.8, 4) is 22.9 Å². The molecule has 0 atom stereocenters. The number of thioether (sulfide) groups is 1. The highest BCUT2D eigenvalue weighted by Crippen LogP contribution is 2.35. The molecule has 0 unspecified atom stereocenters. The molecule has 0 N–H and O–H groups in total. The van der Waals surface area contributed by atoms with E-state index in [9.17, 15) is 4.79 Å². The lowest BCUT2D eigenvalue weighted by Crippen LogP contribution is -2.23. The van der Waals surface area contributed by atoms with Gasteiger partial charge in [-0.05, 0) is 30.3 Å². The zero-order valence-electron chi connectivity index (χ0n) is 17.4. The monoisotopic (exact) mass is 494 g/mol. The Labute approximate surface area is 201 Å². The first-order chi connectivity index (χ1) is 16.6. The van der Waals surface area contributed by atoms with Crippen molar-refractivity contribution in [3.05, 3.63) is 81.8 Å². The third-order valence-electron chi connectivity index (χ3n) is 5.18. The van der Waals surface area contributed by atoms with Gasteiger partial charge < -0.3 is 18.4 Å². The fourth-order valence-electron chi connectivity index (χ4n) is 3.58. The molecular weight excluding hydrogens is 480 g/mol. The van der Waals surface area contributed by atoms with E-state index >= 15 is 0 Å². The Morgan fingerprint density at radius 1 is 1.06 bits per heavy atom. The van der Waals surface area contributed by atoms with Gasteiger partial charge in [-0.1, -0.05) is 40.7 Å². The summed E-state index contributed by atoms with van der Waals surface area (Å²) < 4.78 is 23.3. The molecule has 9 nitrogen and oxygen atoms in total. The summed E-state index contributed by atoms with van der Waals surface area (Å²) in [5, 5.41) is 5.54. The highest BCUT2D eigenvalue weighted by Gasteiger charge is 2.20. The third kappa shape index (κ3) is 3.91. The Hall–Kier alpha value is -3.76. The van der Waals surface area contributed by atoms with E-state index in [1.807, 2.05) is 12.1 Å². The van der Waals surface area contributed by atoms with Crippen LogP contribution in [0.25, 0.3) is 22.3 Å². The lowest BCUT2D eigenvalue weighted by Gasteiger charge is -2.12. The zero-order valence-corrected chi connectivity index (χ0v) is 19.0. The smallest absolute Gasteiger partial charge is 0.262 e. The largest absolute Gasteiger partial charge is 0.467 e. The van der Waals surface area contributed by atoms with Gasteiger partial charge in [0, 0.05) is 16.7 Å². The van der Waals surface area contributed by atoms with E-state index in [2.05, 4.69) is 10.1 Å². The summed E-state index contributed by atoms with van der Waals surface area (Å²) in [6, 6.07) is 14.2. The molecule has 1 aliphatic rings. The molecule has 0 fully saturated rings. The van der Waals surface area contributed by atoms with Crippen LogP contribution in [0.2, 0.25) is 5.02 Å². The van der Waals surface area contributed by atoms with Crippen molar-refractivity contribution in [2.45, 2.75) is 17.5 Å². The van der Waals surface area contributed by atoms with Crippen molar-refractivity contribution in [2.24, 2.45) is 0 Å². The van der Waals surface area contributed by atoms with Crippen LogP contribution in [0.5, 0.6) is 11.5 Å². The van der Waals surface area contributed by atoms with Crippen molar-refractivity contribution in [2.75, 3.05) is 6.79 Å². The van der Waals surface area contributed by atoms with Crippen molar-refractivity contribution in [1.29, 1.82) is 0 Å². The lowest BCUT2D eigenvalue weighted by molar-refractivity contribution is 0.174. The molecule has 0 amide bonds. The van der Waals surface area contributed by atoms with Crippen LogP contribution in [0, 0.1) is 0 Å². The number of furan rings is 1. The molecule has 34 heavy (non-hydrogen) atoms. The number of aromatic nitrogens is 4. The van der Waals surface area contributed by atoms with Gasteiger partial charge >= 0.3 is 0 Å². The van der Waals surface area contributed by atoms with E-state index in [1.54, 1.807) is 47.2 Å².